The summed E-state index contributed by atoms with van der Waals surface area (Å²) in [4.78, 5) is 0. The molecule has 244 valence electrons. The van der Waals surface area contributed by atoms with E-state index in [1.165, 1.54) is 88.0 Å². The molecule has 0 saturated heterocycles. The summed E-state index contributed by atoms with van der Waals surface area (Å²) in [5.41, 5.74) is 12.9. The quantitative estimate of drug-likeness (QED) is 0.167. The van der Waals surface area contributed by atoms with Gasteiger partial charge < -0.3 is 0 Å². The van der Waals surface area contributed by atoms with E-state index in [1.54, 1.807) is 0 Å². The minimum absolute atomic E-state index is 0.0671. The van der Waals surface area contributed by atoms with Gasteiger partial charge in [-0.25, -0.2) is 0 Å². The number of rotatable bonds is 4. The third kappa shape index (κ3) is 5.40. The van der Waals surface area contributed by atoms with Crippen molar-refractivity contribution in [1.29, 1.82) is 0 Å². The fourth-order valence-electron chi connectivity index (χ4n) is 7.81. The first kappa shape index (κ1) is 31.8. The van der Waals surface area contributed by atoms with Crippen LogP contribution in [0, 0.1) is 0 Å². The van der Waals surface area contributed by atoms with Crippen molar-refractivity contribution in [3.8, 4) is 44.5 Å². The zero-order valence-electron chi connectivity index (χ0n) is 30.0. The Hall–Kier alpha value is -5.46. The lowest BCUT2D eigenvalue weighted by atomic mass is 9.77. The van der Waals surface area contributed by atoms with E-state index in [-0.39, 0.29) is 10.8 Å². The summed E-state index contributed by atoms with van der Waals surface area (Å²) in [6.45, 7) is 13.7. The molecule has 0 heteroatoms. The van der Waals surface area contributed by atoms with Gasteiger partial charge in [0.1, 0.15) is 0 Å². The average Bonchev–Trinajstić information content (AvgIpc) is 3.13. The smallest absolute Gasteiger partial charge is 0.000139 e. The maximum Gasteiger partial charge on any atom is -0.000139 e. The molecule has 0 aliphatic rings. The number of fused-ring (bicyclic) bond motifs is 3. The van der Waals surface area contributed by atoms with E-state index in [2.05, 4.69) is 199 Å². The van der Waals surface area contributed by atoms with Crippen molar-refractivity contribution in [2.45, 2.75) is 52.4 Å². The summed E-state index contributed by atoms with van der Waals surface area (Å²) >= 11 is 0. The third-order valence-electron chi connectivity index (χ3n) is 10.4. The molecule has 0 atom stereocenters. The molecule has 0 saturated carbocycles. The Morgan fingerprint density at radius 1 is 0.260 bits per heavy atom. The van der Waals surface area contributed by atoms with Crippen molar-refractivity contribution in [1.82, 2.24) is 0 Å². The van der Waals surface area contributed by atoms with Gasteiger partial charge in [0.15, 0.2) is 0 Å². The van der Waals surface area contributed by atoms with Crippen molar-refractivity contribution in [2.24, 2.45) is 0 Å². The summed E-state index contributed by atoms with van der Waals surface area (Å²) in [5, 5.41) is 7.66. The van der Waals surface area contributed by atoms with E-state index in [0.717, 1.165) is 0 Å². The predicted octanol–water partition coefficient (Wildman–Crippen LogP) is 14.4. The second-order valence-electron chi connectivity index (χ2n) is 15.7. The van der Waals surface area contributed by atoms with Crippen molar-refractivity contribution in [2.75, 3.05) is 0 Å². The standard InChI is InChI=1S/C50H44/c1-49(2,3)37-29-25-35(26-30-37)45-41-23-15-13-21-39(41)44(34-19-11-8-12-20-34)48-46(36-27-31-38(32-28-36)50(4,5)6)42-24-16-14-22-40(42)43(47(45)48)33-17-9-7-10-18-33/h7-32H,1-6H3. The SMILES string of the molecule is CC(C)(C)c1ccc(-c2c3ccccc3c(-c3ccccc3)c3c(-c4ccc(C(C)(C)C)cc4)c4ccccc4c(-c4ccccc4)c23)cc1. The van der Waals surface area contributed by atoms with E-state index >= 15 is 0 Å². The van der Waals surface area contributed by atoms with Crippen LogP contribution in [0.3, 0.4) is 0 Å². The van der Waals surface area contributed by atoms with Crippen LogP contribution >= 0.6 is 0 Å². The Kier molecular flexibility index (Phi) is 7.72. The first-order valence-corrected chi connectivity index (χ1v) is 17.9. The van der Waals surface area contributed by atoms with Gasteiger partial charge >= 0.3 is 0 Å². The van der Waals surface area contributed by atoms with Gasteiger partial charge in [0.2, 0.25) is 0 Å². The zero-order valence-corrected chi connectivity index (χ0v) is 30.0. The number of hydrogen-bond donors (Lipinski definition) is 0. The summed E-state index contributed by atoms with van der Waals surface area (Å²) in [6.07, 6.45) is 0. The number of hydrogen-bond acceptors (Lipinski definition) is 0. The summed E-state index contributed by atoms with van der Waals surface area (Å²) in [7, 11) is 0. The Balaban J connectivity index is 1.67. The molecule has 0 unspecified atom stereocenters. The highest BCUT2D eigenvalue weighted by Crippen LogP contribution is 2.53. The lowest BCUT2D eigenvalue weighted by Crippen LogP contribution is -2.10. The number of benzene rings is 8. The molecule has 0 radical (unpaired) electrons. The summed E-state index contributed by atoms with van der Waals surface area (Å²) < 4.78 is 0. The van der Waals surface area contributed by atoms with Crippen LogP contribution in [0.4, 0.5) is 0 Å². The van der Waals surface area contributed by atoms with Gasteiger partial charge in [-0.15, -0.1) is 0 Å². The van der Waals surface area contributed by atoms with Crippen LogP contribution < -0.4 is 0 Å². The third-order valence-corrected chi connectivity index (χ3v) is 10.4. The Bertz CT molecular complexity index is 2310. The fraction of sp³-hybridized carbons (Fsp3) is 0.160. The van der Waals surface area contributed by atoms with E-state index in [1.807, 2.05) is 0 Å². The monoisotopic (exact) mass is 644 g/mol. The summed E-state index contributed by atoms with van der Waals surface area (Å²) in [6, 6.07) is 58.9. The lowest BCUT2D eigenvalue weighted by molar-refractivity contribution is 0.590. The molecule has 8 rings (SSSR count). The summed E-state index contributed by atoms with van der Waals surface area (Å²) in [5.74, 6) is 0. The Morgan fingerprint density at radius 3 is 0.760 bits per heavy atom. The first-order chi connectivity index (χ1) is 24.1. The molecule has 0 fully saturated rings. The highest BCUT2D eigenvalue weighted by molar-refractivity contribution is 6.33. The molecule has 0 heterocycles. The highest BCUT2D eigenvalue weighted by Gasteiger charge is 2.26. The Morgan fingerprint density at radius 2 is 0.500 bits per heavy atom. The van der Waals surface area contributed by atoms with Gasteiger partial charge in [-0.1, -0.05) is 199 Å². The highest BCUT2D eigenvalue weighted by atomic mass is 14.3. The maximum absolute atomic E-state index is 2.35. The molecule has 8 aromatic rings. The van der Waals surface area contributed by atoms with Crippen molar-refractivity contribution < 1.29 is 0 Å². The van der Waals surface area contributed by atoms with E-state index < -0.39 is 0 Å². The molecular formula is C50H44. The van der Waals surface area contributed by atoms with Crippen molar-refractivity contribution in [3.63, 3.8) is 0 Å². The van der Waals surface area contributed by atoms with Gasteiger partial charge in [0.05, 0.1) is 0 Å². The second kappa shape index (κ2) is 12.1. The molecule has 0 aromatic heterocycles. The van der Waals surface area contributed by atoms with E-state index in [4.69, 9.17) is 0 Å². The maximum atomic E-state index is 2.35. The van der Waals surface area contributed by atoms with Crippen LogP contribution in [-0.2, 0) is 10.8 Å². The molecule has 0 spiro atoms. The second-order valence-corrected chi connectivity index (χ2v) is 15.7. The van der Waals surface area contributed by atoms with Crippen molar-refractivity contribution >= 4 is 32.3 Å². The normalized spacial score (nSPS) is 12.2. The van der Waals surface area contributed by atoms with Crippen LogP contribution in [0.2, 0.25) is 0 Å². The molecule has 8 aromatic carbocycles. The van der Waals surface area contributed by atoms with Crippen molar-refractivity contribution in [3.05, 3.63) is 169 Å². The minimum atomic E-state index is 0.0671. The predicted molar refractivity (Wildman–Crippen MR) is 218 cm³/mol. The van der Waals surface area contributed by atoms with Crippen LogP contribution in [0.25, 0.3) is 76.8 Å². The van der Waals surface area contributed by atoms with Crippen LogP contribution in [-0.4, -0.2) is 0 Å². The minimum Gasteiger partial charge on any atom is -0.0622 e. The van der Waals surface area contributed by atoms with Gasteiger partial charge in [0, 0.05) is 0 Å². The molecule has 0 aliphatic carbocycles. The van der Waals surface area contributed by atoms with Crippen LogP contribution in [0.15, 0.2) is 158 Å². The molecular weight excluding hydrogens is 601 g/mol. The van der Waals surface area contributed by atoms with E-state index in [0.29, 0.717) is 0 Å². The molecule has 0 amide bonds. The molecule has 50 heavy (non-hydrogen) atoms. The van der Waals surface area contributed by atoms with Crippen LogP contribution in [0.1, 0.15) is 52.7 Å². The zero-order chi connectivity index (χ0) is 34.6. The van der Waals surface area contributed by atoms with Gasteiger partial charge in [-0.05, 0) is 98.8 Å². The topological polar surface area (TPSA) is 0 Å². The Labute approximate surface area is 297 Å². The van der Waals surface area contributed by atoms with E-state index in [9.17, 15) is 0 Å². The lowest BCUT2D eigenvalue weighted by Gasteiger charge is -2.26. The molecule has 0 nitrogen and oxygen atoms in total. The van der Waals surface area contributed by atoms with Gasteiger partial charge in [0.25, 0.3) is 0 Å². The molecule has 0 bridgehead atoms. The van der Waals surface area contributed by atoms with Gasteiger partial charge in [-0.2, -0.15) is 0 Å². The molecule has 0 aliphatic heterocycles. The van der Waals surface area contributed by atoms with Crippen LogP contribution in [0.5, 0.6) is 0 Å². The fourth-order valence-corrected chi connectivity index (χ4v) is 7.81. The largest absolute Gasteiger partial charge is 0.0622 e. The van der Waals surface area contributed by atoms with Gasteiger partial charge in [-0.3, -0.25) is 0 Å². The molecule has 0 N–H and O–H groups in total. The average molecular weight is 645 g/mol. The first-order valence-electron chi connectivity index (χ1n) is 17.9.